The van der Waals surface area contributed by atoms with Crippen molar-refractivity contribution in [1.29, 1.82) is 0 Å². The van der Waals surface area contributed by atoms with Gasteiger partial charge >= 0.3 is 11.9 Å². The number of benzene rings is 1. The number of aromatic amines is 1. The molecule has 0 radical (unpaired) electrons. The second-order valence-electron chi connectivity index (χ2n) is 7.06. The molecule has 0 aliphatic carbocycles. The minimum absolute atomic E-state index is 0.220. The average molecular weight is 428 g/mol. The SMILES string of the molecule is O=C(O)CCCCc1cn(Cc2ccccc2)nn1.O=C(O)CCCCc1cn[nH]n1. The third-order valence-corrected chi connectivity index (χ3v) is 4.39. The highest BCUT2D eigenvalue weighted by atomic mass is 16.4. The van der Waals surface area contributed by atoms with E-state index in [-0.39, 0.29) is 12.8 Å². The Balaban J connectivity index is 0.000000245. The summed E-state index contributed by atoms with van der Waals surface area (Å²) in [5.74, 6) is -1.48. The second kappa shape index (κ2) is 13.6. The van der Waals surface area contributed by atoms with Crippen molar-refractivity contribution in [2.75, 3.05) is 0 Å². The molecule has 1 aromatic carbocycles. The monoisotopic (exact) mass is 428 g/mol. The zero-order chi connectivity index (χ0) is 22.3. The van der Waals surface area contributed by atoms with Gasteiger partial charge in [0.1, 0.15) is 0 Å². The largest absolute Gasteiger partial charge is 0.481 e. The first-order valence-electron chi connectivity index (χ1n) is 10.2. The highest BCUT2D eigenvalue weighted by Gasteiger charge is 2.03. The summed E-state index contributed by atoms with van der Waals surface area (Å²) in [6, 6.07) is 10.1. The molecule has 0 aliphatic heterocycles. The van der Waals surface area contributed by atoms with Gasteiger partial charge in [-0.2, -0.15) is 15.4 Å². The van der Waals surface area contributed by atoms with Crippen LogP contribution in [0.25, 0.3) is 0 Å². The number of aromatic nitrogens is 6. The molecule has 166 valence electrons. The third-order valence-electron chi connectivity index (χ3n) is 4.39. The predicted octanol–water partition coefficient (Wildman–Crippen LogP) is 2.73. The first kappa shape index (κ1) is 23.7. The molecule has 10 nitrogen and oxygen atoms in total. The minimum Gasteiger partial charge on any atom is -0.481 e. The molecular formula is C21H28N6O4. The quantitative estimate of drug-likeness (QED) is 0.373. The van der Waals surface area contributed by atoms with Gasteiger partial charge in [0.25, 0.3) is 0 Å². The van der Waals surface area contributed by atoms with E-state index in [0.717, 1.165) is 37.1 Å². The summed E-state index contributed by atoms with van der Waals surface area (Å²) < 4.78 is 1.81. The van der Waals surface area contributed by atoms with Crippen molar-refractivity contribution < 1.29 is 19.8 Å². The van der Waals surface area contributed by atoms with Gasteiger partial charge in [-0.1, -0.05) is 35.5 Å². The van der Waals surface area contributed by atoms with Crippen LogP contribution in [0.3, 0.4) is 0 Å². The fraction of sp³-hybridized carbons (Fsp3) is 0.429. The summed E-state index contributed by atoms with van der Waals surface area (Å²) in [6.07, 6.45) is 8.66. The zero-order valence-corrected chi connectivity index (χ0v) is 17.4. The average Bonchev–Trinajstić information content (AvgIpc) is 3.42. The Labute approximate surface area is 180 Å². The number of carboxylic acid groups (broad SMARTS) is 2. The van der Waals surface area contributed by atoms with Crippen LogP contribution < -0.4 is 0 Å². The maximum Gasteiger partial charge on any atom is 0.303 e. The lowest BCUT2D eigenvalue weighted by Crippen LogP contribution is -1.99. The van der Waals surface area contributed by atoms with Crippen LogP contribution >= 0.6 is 0 Å². The molecule has 0 saturated carbocycles. The molecule has 0 aliphatic rings. The number of aryl methyl sites for hydroxylation is 2. The van der Waals surface area contributed by atoms with Crippen LogP contribution in [-0.4, -0.2) is 52.6 Å². The first-order valence-corrected chi connectivity index (χ1v) is 10.2. The number of nitrogens with zero attached hydrogens (tertiary/aromatic N) is 5. The lowest BCUT2D eigenvalue weighted by atomic mass is 10.1. The molecule has 31 heavy (non-hydrogen) atoms. The Morgan fingerprint density at radius 1 is 0.903 bits per heavy atom. The van der Waals surface area contributed by atoms with E-state index in [2.05, 4.69) is 25.7 Å². The maximum atomic E-state index is 10.4. The van der Waals surface area contributed by atoms with Gasteiger partial charge < -0.3 is 10.2 Å². The molecule has 0 saturated heterocycles. The van der Waals surface area contributed by atoms with Crippen molar-refractivity contribution >= 4 is 11.9 Å². The standard InChI is InChI=1S/C14H17N3O2.C7H11N3O2/c18-14(19)9-5-4-8-13-11-17(16-15-13)10-12-6-2-1-3-7-12;11-7(12)4-2-1-3-6-5-8-10-9-6/h1-3,6-7,11H,4-5,8-10H2,(H,18,19);5H,1-4H2,(H,11,12)(H,8,9,10). The number of carboxylic acids is 2. The Morgan fingerprint density at radius 3 is 2.13 bits per heavy atom. The maximum absolute atomic E-state index is 10.4. The van der Waals surface area contributed by atoms with Gasteiger partial charge in [-0.15, -0.1) is 5.10 Å². The number of hydrogen-bond donors (Lipinski definition) is 3. The number of H-pyrrole nitrogens is 1. The van der Waals surface area contributed by atoms with E-state index in [0.29, 0.717) is 19.4 Å². The van der Waals surface area contributed by atoms with Crippen molar-refractivity contribution in [2.24, 2.45) is 0 Å². The van der Waals surface area contributed by atoms with Crippen LogP contribution in [0.5, 0.6) is 0 Å². The normalized spacial score (nSPS) is 10.3. The first-order chi connectivity index (χ1) is 15.0. The molecule has 0 unspecified atom stereocenters. The van der Waals surface area contributed by atoms with Gasteiger partial charge in [0.15, 0.2) is 0 Å². The number of aliphatic carboxylic acids is 2. The summed E-state index contributed by atoms with van der Waals surface area (Å²) in [6.45, 7) is 0.711. The molecule has 0 amide bonds. The Hall–Kier alpha value is -3.56. The number of nitrogens with one attached hydrogen (secondary N) is 1. The molecular weight excluding hydrogens is 400 g/mol. The highest BCUT2D eigenvalue weighted by Crippen LogP contribution is 2.06. The Kier molecular flexibility index (Phi) is 10.4. The molecule has 2 heterocycles. The minimum atomic E-state index is -0.743. The predicted molar refractivity (Wildman–Crippen MR) is 112 cm³/mol. The summed E-state index contributed by atoms with van der Waals surface area (Å²) in [4.78, 5) is 20.5. The van der Waals surface area contributed by atoms with Crippen LogP contribution in [0.4, 0.5) is 0 Å². The fourth-order valence-electron chi connectivity index (χ4n) is 2.81. The lowest BCUT2D eigenvalue weighted by Gasteiger charge is -1.99. The number of hydrogen-bond acceptors (Lipinski definition) is 6. The second-order valence-corrected chi connectivity index (χ2v) is 7.06. The molecule has 0 atom stereocenters. The summed E-state index contributed by atoms with van der Waals surface area (Å²) in [5.41, 5.74) is 2.99. The number of rotatable bonds is 12. The van der Waals surface area contributed by atoms with Crippen molar-refractivity contribution in [2.45, 2.75) is 57.9 Å². The van der Waals surface area contributed by atoms with Crippen LogP contribution in [0, 0.1) is 0 Å². The third kappa shape index (κ3) is 10.7. The van der Waals surface area contributed by atoms with Crippen LogP contribution in [-0.2, 0) is 29.0 Å². The summed E-state index contributed by atoms with van der Waals surface area (Å²) in [7, 11) is 0. The molecule has 0 spiro atoms. The van der Waals surface area contributed by atoms with Gasteiger partial charge in [0.2, 0.25) is 0 Å². The van der Waals surface area contributed by atoms with Crippen molar-refractivity contribution in [3.8, 4) is 0 Å². The molecule has 0 bridgehead atoms. The molecule has 2 aromatic heterocycles. The Morgan fingerprint density at radius 2 is 1.55 bits per heavy atom. The van der Waals surface area contributed by atoms with Crippen molar-refractivity contribution in [3.05, 3.63) is 59.7 Å². The molecule has 3 rings (SSSR count). The van der Waals surface area contributed by atoms with E-state index < -0.39 is 11.9 Å². The van der Waals surface area contributed by atoms with E-state index in [1.54, 1.807) is 6.20 Å². The smallest absolute Gasteiger partial charge is 0.303 e. The molecule has 3 aromatic rings. The van der Waals surface area contributed by atoms with Gasteiger partial charge in [-0.25, -0.2) is 4.68 Å². The number of carbonyl (C=O) groups is 2. The zero-order valence-electron chi connectivity index (χ0n) is 17.4. The van der Waals surface area contributed by atoms with Crippen molar-refractivity contribution in [3.63, 3.8) is 0 Å². The van der Waals surface area contributed by atoms with Gasteiger partial charge in [0.05, 0.1) is 24.1 Å². The van der Waals surface area contributed by atoms with Crippen molar-refractivity contribution in [1.82, 2.24) is 30.4 Å². The summed E-state index contributed by atoms with van der Waals surface area (Å²) in [5, 5.41) is 35.0. The van der Waals surface area contributed by atoms with E-state index in [9.17, 15) is 9.59 Å². The lowest BCUT2D eigenvalue weighted by molar-refractivity contribution is -0.138. The van der Waals surface area contributed by atoms with Crippen LogP contribution in [0.15, 0.2) is 42.7 Å². The van der Waals surface area contributed by atoms with Crippen LogP contribution in [0.1, 0.15) is 55.5 Å². The summed E-state index contributed by atoms with van der Waals surface area (Å²) >= 11 is 0. The molecule has 3 N–H and O–H groups in total. The number of unbranched alkanes of at least 4 members (excludes halogenated alkanes) is 2. The Bertz CT molecular complexity index is 896. The van der Waals surface area contributed by atoms with Gasteiger partial charge in [-0.05, 0) is 44.1 Å². The van der Waals surface area contributed by atoms with E-state index in [4.69, 9.17) is 10.2 Å². The van der Waals surface area contributed by atoms with E-state index >= 15 is 0 Å². The fourth-order valence-corrected chi connectivity index (χ4v) is 2.81. The topological polar surface area (TPSA) is 147 Å². The highest BCUT2D eigenvalue weighted by molar-refractivity contribution is 5.66. The van der Waals surface area contributed by atoms with Crippen LogP contribution in [0.2, 0.25) is 0 Å². The van der Waals surface area contributed by atoms with E-state index in [1.165, 1.54) is 5.56 Å². The molecule has 0 fully saturated rings. The molecule has 10 heteroatoms. The van der Waals surface area contributed by atoms with Gasteiger partial charge in [-0.3, -0.25) is 9.59 Å². The van der Waals surface area contributed by atoms with Gasteiger partial charge in [0, 0.05) is 19.0 Å². The van der Waals surface area contributed by atoms with E-state index in [1.807, 2.05) is 41.2 Å².